The van der Waals surface area contributed by atoms with Crippen LogP contribution in [0.15, 0.2) is 36.9 Å². The molecule has 2 heteroatoms. The first-order valence-corrected chi connectivity index (χ1v) is 4.39. The summed E-state index contributed by atoms with van der Waals surface area (Å²) < 4.78 is 0. The number of nitrogens with two attached hydrogens (primary N) is 1. The second-order valence-electron chi connectivity index (χ2n) is 3.06. The Morgan fingerprint density at radius 1 is 1.38 bits per heavy atom. The largest absolute Gasteiger partial charge is 0.508 e. The van der Waals surface area contributed by atoms with Crippen LogP contribution in [0.3, 0.4) is 0 Å². The first kappa shape index (κ1) is 9.81. The van der Waals surface area contributed by atoms with Crippen molar-refractivity contribution in [1.82, 2.24) is 0 Å². The molecule has 0 unspecified atom stereocenters. The molecule has 0 saturated heterocycles. The van der Waals surface area contributed by atoms with E-state index >= 15 is 0 Å². The molecule has 3 N–H and O–H groups in total. The van der Waals surface area contributed by atoms with E-state index in [1.54, 1.807) is 12.1 Å². The first-order chi connectivity index (χ1) is 6.24. The molecule has 0 aliphatic carbocycles. The summed E-state index contributed by atoms with van der Waals surface area (Å²) in [5, 5.41) is 9.06. The summed E-state index contributed by atoms with van der Waals surface area (Å²) >= 11 is 0. The zero-order valence-electron chi connectivity index (χ0n) is 7.61. The van der Waals surface area contributed by atoms with Crippen LogP contribution in [0.25, 0.3) is 0 Å². The van der Waals surface area contributed by atoms with Gasteiger partial charge in [0.1, 0.15) is 5.75 Å². The predicted molar refractivity (Wildman–Crippen MR) is 54.5 cm³/mol. The van der Waals surface area contributed by atoms with E-state index in [1.807, 2.05) is 18.2 Å². The summed E-state index contributed by atoms with van der Waals surface area (Å²) in [4.78, 5) is 0. The molecular weight excluding hydrogens is 162 g/mol. The molecule has 0 aromatic heterocycles. The second-order valence-corrected chi connectivity index (χ2v) is 3.06. The molecule has 0 spiro atoms. The van der Waals surface area contributed by atoms with E-state index in [0.717, 1.165) is 18.4 Å². The number of aromatic hydroxyl groups is 1. The van der Waals surface area contributed by atoms with Gasteiger partial charge in [-0.3, -0.25) is 0 Å². The normalized spacial score (nSPS) is 12.4. The van der Waals surface area contributed by atoms with Crippen LogP contribution in [0.1, 0.15) is 24.4 Å². The third kappa shape index (κ3) is 2.92. The molecule has 0 radical (unpaired) electrons. The Morgan fingerprint density at radius 3 is 2.54 bits per heavy atom. The molecule has 1 aromatic carbocycles. The van der Waals surface area contributed by atoms with Crippen LogP contribution in [0.4, 0.5) is 0 Å². The van der Waals surface area contributed by atoms with Crippen molar-refractivity contribution in [2.45, 2.75) is 18.9 Å². The van der Waals surface area contributed by atoms with Crippen molar-refractivity contribution >= 4 is 0 Å². The van der Waals surface area contributed by atoms with E-state index in [-0.39, 0.29) is 11.8 Å². The zero-order valence-corrected chi connectivity index (χ0v) is 7.61. The molecule has 2 nitrogen and oxygen atoms in total. The van der Waals surface area contributed by atoms with Gasteiger partial charge in [-0.05, 0) is 30.5 Å². The van der Waals surface area contributed by atoms with E-state index in [0.29, 0.717) is 0 Å². The van der Waals surface area contributed by atoms with Gasteiger partial charge in [0.25, 0.3) is 0 Å². The van der Waals surface area contributed by atoms with Crippen molar-refractivity contribution < 1.29 is 5.11 Å². The number of benzene rings is 1. The highest BCUT2D eigenvalue weighted by molar-refractivity contribution is 5.27. The van der Waals surface area contributed by atoms with Crippen molar-refractivity contribution in [3.63, 3.8) is 0 Å². The second kappa shape index (κ2) is 4.67. The number of phenols is 1. The number of phenolic OH excluding ortho intramolecular Hbond substituents is 1. The van der Waals surface area contributed by atoms with E-state index < -0.39 is 0 Å². The van der Waals surface area contributed by atoms with E-state index in [9.17, 15) is 0 Å². The number of allylic oxidation sites excluding steroid dienone is 1. The van der Waals surface area contributed by atoms with Gasteiger partial charge >= 0.3 is 0 Å². The monoisotopic (exact) mass is 177 g/mol. The molecule has 0 amide bonds. The van der Waals surface area contributed by atoms with Crippen LogP contribution in [0.5, 0.6) is 5.75 Å². The van der Waals surface area contributed by atoms with Gasteiger partial charge in [0.2, 0.25) is 0 Å². The van der Waals surface area contributed by atoms with Crippen LogP contribution in [-0.4, -0.2) is 5.11 Å². The van der Waals surface area contributed by atoms with Gasteiger partial charge in [0.05, 0.1) is 0 Å². The molecular formula is C11H15NO. The maximum Gasteiger partial charge on any atom is 0.115 e. The van der Waals surface area contributed by atoms with Gasteiger partial charge in [-0.25, -0.2) is 0 Å². The standard InChI is InChI=1S/C11H15NO/c1-2-3-4-11(12)9-5-7-10(13)8-6-9/h2,5-8,11,13H,1,3-4,12H2/t11-/m0/s1. The molecule has 13 heavy (non-hydrogen) atoms. The average molecular weight is 177 g/mol. The van der Waals surface area contributed by atoms with Gasteiger partial charge in [-0.2, -0.15) is 0 Å². The third-order valence-corrected chi connectivity index (χ3v) is 2.00. The Morgan fingerprint density at radius 2 is 2.00 bits per heavy atom. The summed E-state index contributed by atoms with van der Waals surface area (Å²) in [6.07, 6.45) is 3.68. The molecule has 0 heterocycles. The quantitative estimate of drug-likeness (QED) is 0.693. The van der Waals surface area contributed by atoms with Crippen molar-refractivity contribution in [1.29, 1.82) is 0 Å². The van der Waals surface area contributed by atoms with E-state index in [1.165, 1.54) is 0 Å². The Labute approximate surface area is 78.7 Å². The fourth-order valence-electron chi connectivity index (χ4n) is 1.19. The topological polar surface area (TPSA) is 46.2 Å². The van der Waals surface area contributed by atoms with Gasteiger partial charge in [-0.1, -0.05) is 18.2 Å². The molecule has 0 aliphatic rings. The minimum Gasteiger partial charge on any atom is -0.508 e. The minimum absolute atomic E-state index is 0.0404. The molecule has 1 atom stereocenters. The van der Waals surface area contributed by atoms with Crippen molar-refractivity contribution in [3.05, 3.63) is 42.5 Å². The number of hydrogen-bond donors (Lipinski definition) is 2. The van der Waals surface area contributed by atoms with Crippen LogP contribution >= 0.6 is 0 Å². The van der Waals surface area contributed by atoms with Gasteiger partial charge < -0.3 is 10.8 Å². The summed E-state index contributed by atoms with van der Waals surface area (Å²) in [6, 6.07) is 7.05. The maximum absolute atomic E-state index is 9.06. The highest BCUT2D eigenvalue weighted by Crippen LogP contribution is 2.18. The van der Waals surface area contributed by atoms with Crippen LogP contribution < -0.4 is 5.73 Å². The summed E-state index contributed by atoms with van der Waals surface area (Å²) in [5.41, 5.74) is 6.96. The highest BCUT2D eigenvalue weighted by Gasteiger charge is 2.03. The average Bonchev–Trinajstić information content (AvgIpc) is 2.15. The third-order valence-electron chi connectivity index (χ3n) is 2.00. The maximum atomic E-state index is 9.06. The molecule has 0 aliphatic heterocycles. The Balaban J connectivity index is 2.60. The molecule has 0 saturated carbocycles. The minimum atomic E-state index is 0.0404. The Kier molecular flexibility index (Phi) is 3.53. The van der Waals surface area contributed by atoms with Crippen molar-refractivity contribution in [3.8, 4) is 5.75 Å². The highest BCUT2D eigenvalue weighted by atomic mass is 16.3. The molecule has 1 rings (SSSR count). The smallest absolute Gasteiger partial charge is 0.115 e. The van der Waals surface area contributed by atoms with Crippen LogP contribution in [-0.2, 0) is 0 Å². The van der Waals surface area contributed by atoms with Gasteiger partial charge in [0, 0.05) is 6.04 Å². The predicted octanol–water partition coefficient (Wildman–Crippen LogP) is 2.36. The molecule has 0 bridgehead atoms. The fraction of sp³-hybridized carbons (Fsp3) is 0.273. The number of hydrogen-bond acceptors (Lipinski definition) is 2. The van der Waals surface area contributed by atoms with Gasteiger partial charge in [0.15, 0.2) is 0 Å². The summed E-state index contributed by atoms with van der Waals surface area (Å²) in [7, 11) is 0. The number of rotatable bonds is 4. The van der Waals surface area contributed by atoms with E-state index in [2.05, 4.69) is 6.58 Å². The lowest BCUT2D eigenvalue weighted by molar-refractivity contribution is 0.474. The van der Waals surface area contributed by atoms with Crippen molar-refractivity contribution in [2.75, 3.05) is 0 Å². The molecule has 1 aromatic rings. The summed E-state index contributed by atoms with van der Waals surface area (Å²) in [5.74, 6) is 0.277. The molecule has 0 fully saturated rings. The van der Waals surface area contributed by atoms with Gasteiger partial charge in [-0.15, -0.1) is 6.58 Å². The SMILES string of the molecule is C=CCC[C@H](N)c1ccc(O)cc1. The van der Waals surface area contributed by atoms with Crippen LogP contribution in [0.2, 0.25) is 0 Å². The first-order valence-electron chi connectivity index (χ1n) is 4.39. The van der Waals surface area contributed by atoms with E-state index in [4.69, 9.17) is 10.8 Å². The lowest BCUT2D eigenvalue weighted by Gasteiger charge is -2.10. The zero-order chi connectivity index (χ0) is 9.68. The Bertz CT molecular complexity index is 266. The molecule has 70 valence electrons. The van der Waals surface area contributed by atoms with Crippen molar-refractivity contribution in [2.24, 2.45) is 5.73 Å². The lowest BCUT2D eigenvalue weighted by Crippen LogP contribution is -2.09. The fourth-order valence-corrected chi connectivity index (χ4v) is 1.19. The summed E-state index contributed by atoms with van der Waals surface area (Å²) in [6.45, 7) is 3.64. The Hall–Kier alpha value is -1.28. The van der Waals surface area contributed by atoms with Crippen LogP contribution in [0, 0.1) is 0 Å². The lowest BCUT2D eigenvalue weighted by atomic mass is 10.0.